The van der Waals surface area contributed by atoms with Crippen LogP contribution in [0.15, 0.2) is 40.8 Å². The van der Waals surface area contributed by atoms with Crippen LogP contribution < -0.4 is 10.6 Å². The topological polar surface area (TPSA) is 76.5 Å². The molecule has 2 N–H and O–H groups in total. The molecule has 1 aliphatic rings. The maximum atomic E-state index is 12.5. The first-order valence-electron chi connectivity index (χ1n) is 7.54. The molecule has 2 amide bonds. The fourth-order valence-electron chi connectivity index (χ4n) is 2.87. The zero-order valence-electron chi connectivity index (χ0n) is 12.9. The summed E-state index contributed by atoms with van der Waals surface area (Å²) < 4.78 is 5.42. The molecule has 2 heterocycles. The number of anilines is 1. The van der Waals surface area contributed by atoms with E-state index in [0.29, 0.717) is 17.9 Å². The van der Waals surface area contributed by atoms with Gasteiger partial charge in [0.25, 0.3) is 5.91 Å². The highest BCUT2D eigenvalue weighted by molar-refractivity contribution is 6.06. The Morgan fingerprint density at radius 1 is 1.26 bits per heavy atom. The molecule has 1 aliphatic heterocycles. The van der Waals surface area contributed by atoms with Crippen LogP contribution in [0, 0.1) is 6.92 Å². The van der Waals surface area contributed by atoms with Crippen molar-refractivity contribution in [1.29, 1.82) is 0 Å². The van der Waals surface area contributed by atoms with Crippen LogP contribution in [0.5, 0.6) is 0 Å². The number of nitrogens with zero attached hydrogens (tertiary/aromatic N) is 1. The molecule has 23 heavy (non-hydrogen) atoms. The smallest absolute Gasteiger partial charge is 0.251 e. The molecule has 1 aromatic heterocycles. The molecule has 0 saturated carbocycles. The number of carbonyl (C=O) groups is 2. The van der Waals surface area contributed by atoms with Gasteiger partial charge in [0.1, 0.15) is 11.5 Å². The van der Waals surface area contributed by atoms with E-state index in [0.717, 1.165) is 29.9 Å². The highest BCUT2D eigenvalue weighted by Crippen LogP contribution is 2.30. The zero-order valence-corrected chi connectivity index (χ0v) is 12.9. The molecule has 0 fully saturated rings. The summed E-state index contributed by atoms with van der Waals surface area (Å²) in [5.74, 6) is 0.838. The van der Waals surface area contributed by atoms with Gasteiger partial charge in [-0.25, -0.2) is 0 Å². The Morgan fingerprint density at radius 3 is 2.78 bits per heavy atom. The molecule has 0 spiro atoms. The third-order valence-corrected chi connectivity index (χ3v) is 3.93. The lowest BCUT2D eigenvalue weighted by molar-refractivity contribution is -0.114. The Bertz CT molecular complexity index is 789. The molecule has 0 bridgehead atoms. The van der Waals surface area contributed by atoms with Crippen molar-refractivity contribution in [1.82, 2.24) is 0 Å². The van der Waals surface area contributed by atoms with Gasteiger partial charge in [0, 0.05) is 23.9 Å². The summed E-state index contributed by atoms with van der Waals surface area (Å²) in [4.78, 5) is 25.7. The van der Waals surface area contributed by atoms with Gasteiger partial charge in [0.15, 0.2) is 0 Å². The predicted molar refractivity (Wildman–Crippen MR) is 88.1 cm³/mol. The Balaban J connectivity index is 1.88. The zero-order chi connectivity index (χ0) is 16.4. The number of primary amides is 1. The molecular formula is C18H18N2O3. The molecule has 0 saturated heterocycles. The first kappa shape index (κ1) is 15.1. The first-order chi connectivity index (χ1) is 11.1. The van der Waals surface area contributed by atoms with E-state index >= 15 is 0 Å². The summed E-state index contributed by atoms with van der Waals surface area (Å²) in [6.45, 7) is 2.47. The van der Waals surface area contributed by atoms with Gasteiger partial charge in [-0.2, -0.15) is 0 Å². The molecule has 3 rings (SSSR count). The van der Waals surface area contributed by atoms with Gasteiger partial charge in [-0.05, 0) is 55.7 Å². The van der Waals surface area contributed by atoms with Crippen LogP contribution in [-0.2, 0) is 11.2 Å². The van der Waals surface area contributed by atoms with E-state index in [1.54, 1.807) is 23.1 Å². The molecular weight excluding hydrogens is 292 g/mol. The Kier molecular flexibility index (Phi) is 4.02. The average molecular weight is 310 g/mol. The van der Waals surface area contributed by atoms with Gasteiger partial charge >= 0.3 is 0 Å². The molecule has 1 aromatic carbocycles. The van der Waals surface area contributed by atoms with E-state index in [1.807, 2.05) is 25.1 Å². The third-order valence-electron chi connectivity index (χ3n) is 3.93. The SMILES string of the molecule is Cc1ccc(C=CC(=O)N2CCCc3c(C(N)=O)cccc32)o1. The van der Waals surface area contributed by atoms with Crippen molar-refractivity contribution in [2.24, 2.45) is 5.73 Å². The van der Waals surface area contributed by atoms with E-state index in [-0.39, 0.29) is 5.91 Å². The number of hydrogen-bond acceptors (Lipinski definition) is 3. The summed E-state index contributed by atoms with van der Waals surface area (Å²) in [5.41, 5.74) is 7.53. The number of rotatable bonds is 3. The van der Waals surface area contributed by atoms with Crippen molar-refractivity contribution in [2.75, 3.05) is 11.4 Å². The van der Waals surface area contributed by atoms with Crippen LogP contribution in [0.3, 0.4) is 0 Å². The minimum atomic E-state index is -0.460. The van der Waals surface area contributed by atoms with Crippen molar-refractivity contribution in [3.8, 4) is 0 Å². The standard InChI is InChI=1S/C18H18N2O3/c1-12-7-8-13(23-12)9-10-17(21)20-11-3-5-14-15(18(19)22)4-2-6-16(14)20/h2,4,6-10H,3,5,11H2,1H3,(H2,19,22). The van der Waals surface area contributed by atoms with E-state index < -0.39 is 5.91 Å². The maximum Gasteiger partial charge on any atom is 0.251 e. The summed E-state index contributed by atoms with van der Waals surface area (Å²) >= 11 is 0. The summed E-state index contributed by atoms with van der Waals surface area (Å²) in [7, 11) is 0. The van der Waals surface area contributed by atoms with E-state index in [4.69, 9.17) is 10.2 Å². The molecule has 118 valence electrons. The number of amides is 2. The lowest BCUT2D eigenvalue weighted by Gasteiger charge is -2.29. The summed E-state index contributed by atoms with van der Waals surface area (Å²) in [6, 6.07) is 8.97. The lowest BCUT2D eigenvalue weighted by atomic mass is 9.96. The Morgan fingerprint density at radius 2 is 2.09 bits per heavy atom. The average Bonchev–Trinajstić information content (AvgIpc) is 2.96. The van der Waals surface area contributed by atoms with Gasteiger partial charge in [0.2, 0.25) is 5.91 Å². The van der Waals surface area contributed by atoms with Crippen LogP contribution in [0.2, 0.25) is 0 Å². The molecule has 0 unspecified atom stereocenters. The van der Waals surface area contributed by atoms with E-state index in [1.165, 1.54) is 6.08 Å². The largest absolute Gasteiger partial charge is 0.462 e. The van der Waals surface area contributed by atoms with Crippen LogP contribution >= 0.6 is 0 Å². The number of benzene rings is 1. The van der Waals surface area contributed by atoms with Crippen molar-refractivity contribution in [3.63, 3.8) is 0 Å². The van der Waals surface area contributed by atoms with Gasteiger partial charge in [-0.3, -0.25) is 9.59 Å². The molecule has 0 atom stereocenters. The number of furan rings is 1. The monoisotopic (exact) mass is 310 g/mol. The number of hydrogen-bond donors (Lipinski definition) is 1. The Labute approximate surface area is 134 Å². The molecule has 5 nitrogen and oxygen atoms in total. The second-order valence-electron chi connectivity index (χ2n) is 5.54. The van der Waals surface area contributed by atoms with Gasteiger partial charge in [-0.1, -0.05) is 6.07 Å². The van der Waals surface area contributed by atoms with Crippen molar-refractivity contribution in [3.05, 3.63) is 59.1 Å². The Hall–Kier alpha value is -2.82. The number of nitrogens with two attached hydrogens (primary N) is 1. The van der Waals surface area contributed by atoms with Crippen molar-refractivity contribution in [2.45, 2.75) is 19.8 Å². The summed E-state index contributed by atoms with van der Waals surface area (Å²) in [6.07, 6.45) is 4.70. The molecule has 2 aromatic rings. The summed E-state index contributed by atoms with van der Waals surface area (Å²) in [5, 5.41) is 0. The normalized spacial score (nSPS) is 14.0. The highest BCUT2D eigenvalue weighted by atomic mass is 16.3. The van der Waals surface area contributed by atoms with Crippen LogP contribution in [0.1, 0.15) is 33.9 Å². The maximum absolute atomic E-state index is 12.5. The molecule has 5 heteroatoms. The predicted octanol–water partition coefficient (Wildman–Crippen LogP) is 2.68. The highest BCUT2D eigenvalue weighted by Gasteiger charge is 2.24. The second kappa shape index (κ2) is 6.12. The minimum absolute atomic E-state index is 0.137. The van der Waals surface area contributed by atoms with Crippen LogP contribution in [0.25, 0.3) is 6.08 Å². The van der Waals surface area contributed by atoms with Crippen molar-refractivity contribution < 1.29 is 14.0 Å². The number of aryl methyl sites for hydroxylation is 1. The minimum Gasteiger partial charge on any atom is -0.462 e. The first-order valence-corrected chi connectivity index (χ1v) is 7.54. The fraction of sp³-hybridized carbons (Fsp3) is 0.222. The third kappa shape index (κ3) is 3.04. The van der Waals surface area contributed by atoms with Gasteiger partial charge < -0.3 is 15.1 Å². The quantitative estimate of drug-likeness (QED) is 0.885. The van der Waals surface area contributed by atoms with Crippen molar-refractivity contribution >= 4 is 23.6 Å². The fourth-order valence-corrected chi connectivity index (χ4v) is 2.87. The van der Waals surface area contributed by atoms with E-state index in [9.17, 15) is 9.59 Å². The number of fused-ring (bicyclic) bond motifs is 1. The lowest BCUT2D eigenvalue weighted by Crippen LogP contribution is -2.35. The molecule has 0 aliphatic carbocycles. The van der Waals surface area contributed by atoms with Gasteiger partial charge in [-0.15, -0.1) is 0 Å². The molecule has 0 radical (unpaired) electrons. The number of carbonyl (C=O) groups excluding carboxylic acids is 2. The second-order valence-corrected chi connectivity index (χ2v) is 5.54. The van der Waals surface area contributed by atoms with Crippen LogP contribution in [-0.4, -0.2) is 18.4 Å². The van der Waals surface area contributed by atoms with E-state index in [2.05, 4.69) is 0 Å². The van der Waals surface area contributed by atoms with Crippen LogP contribution in [0.4, 0.5) is 5.69 Å². The van der Waals surface area contributed by atoms with Gasteiger partial charge in [0.05, 0.1) is 0 Å².